The summed E-state index contributed by atoms with van der Waals surface area (Å²) in [6, 6.07) is 4.67. The molecule has 17 heavy (non-hydrogen) atoms. The highest BCUT2D eigenvalue weighted by atomic mass is 14.9. The third-order valence-electron chi connectivity index (χ3n) is 2.88. The summed E-state index contributed by atoms with van der Waals surface area (Å²) in [6.07, 6.45) is 4.28. The number of anilines is 1. The maximum absolute atomic E-state index is 4.33. The summed E-state index contributed by atoms with van der Waals surface area (Å²) < 4.78 is 0. The molecule has 96 valence electrons. The minimum Gasteiger partial charge on any atom is -0.381 e. The molecule has 0 aromatic carbocycles. The highest BCUT2D eigenvalue weighted by Crippen LogP contribution is 2.20. The van der Waals surface area contributed by atoms with Gasteiger partial charge >= 0.3 is 0 Å². The highest BCUT2D eigenvalue weighted by molar-refractivity contribution is 5.47. The lowest BCUT2D eigenvalue weighted by Gasteiger charge is -2.24. The van der Waals surface area contributed by atoms with E-state index in [1.165, 1.54) is 18.5 Å². The second-order valence-corrected chi connectivity index (χ2v) is 5.74. The van der Waals surface area contributed by atoms with Gasteiger partial charge in [-0.25, -0.2) is 0 Å². The topological polar surface area (TPSA) is 24.9 Å². The van der Waals surface area contributed by atoms with Crippen LogP contribution in [0.15, 0.2) is 18.3 Å². The lowest BCUT2D eigenvalue weighted by Crippen LogP contribution is -2.24. The molecular weight excluding hydrogens is 208 g/mol. The molecule has 0 spiro atoms. The zero-order valence-electron chi connectivity index (χ0n) is 11.8. The Morgan fingerprint density at radius 3 is 2.18 bits per heavy atom. The van der Waals surface area contributed by atoms with E-state index in [0.29, 0.717) is 6.04 Å². The van der Waals surface area contributed by atoms with Crippen molar-refractivity contribution in [2.24, 2.45) is 11.8 Å². The van der Waals surface area contributed by atoms with Gasteiger partial charge in [0.25, 0.3) is 0 Å². The Morgan fingerprint density at radius 1 is 1.12 bits per heavy atom. The number of pyridine rings is 1. The standard InChI is InChI=1S/C15H26N2/c1-11(2)9-14(10-12(3)4)17-15-7-6-8-16-13(15)5/h6-8,11-12,14,17H,9-10H2,1-5H3. The molecule has 0 saturated carbocycles. The van der Waals surface area contributed by atoms with Crippen molar-refractivity contribution in [1.29, 1.82) is 0 Å². The Labute approximate surface area is 106 Å². The molecule has 0 radical (unpaired) electrons. The van der Waals surface area contributed by atoms with Gasteiger partial charge in [0.05, 0.1) is 11.4 Å². The van der Waals surface area contributed by atoms with Crippen molar-refractivity contribution in [3.63, 3.8) is 0 Å². The molecule has 0 aliphatic heterocycles. The fraction of sp³-hybridized carbons (Fsp3) is 0.667. The van der Waals surface area contributed by atoms with Crippen molar-refractivity contribution in [3.05, 3.63) is 24.0 Å². The Hall–Kier alpha value is -1.05. The van der Waals surface area contributed by atoms with Gasteiger partial charge in [0.15, 0.2) is 0 Å². The molecule has 1 aromatic heterocycles. The Bertz CT molecular complexity index is 321. The Balaban J connectivity index is 2.68. The van der Waals surface area contributed by atoms with Crippen LogP contribution >= 0.6 is 0 Å². The molecule has 0 unspecified atom stereocenters. The third-order valence-corrected chi connectivity index (χ3v) is 2.88. The third kappa shape index (κ3) is 5.20. The second-order valence-electron chi connectivity index (χ2n) is 5.74. The number of aryl methyl sites for hydroxylation is 1. The summed E-state index contributed by atoms with van der Waals surface area (Å²) in [6.45, 7) is 11.2. The molecule has 2 nitrogen and oxygen atoms in total. The van der Waals surface area contributed by atoms with Gasteiger partial charge < -0.3 is 5.32 Å². The predicted molar refractivity (Wildman–Crippen MR) is 75.3 cm³/mol. The lowest BCUT2D eigenvalue weighted by molar-refractivity contribution is 0.442. The Morgan fingerprint density at radius 2 is 1.71 bits per heavy atom. The van der Waals surface area contributed by atoms with Gasteiger partial charge in [-0.05, 0) is 43.7 Å². The van der Waals surface area contributed by atoms with E-state index in [-0.39, 0.29) is 0 Å². The molecule has 0 amide bonds. The van der Waals surface area contributed by atoms with Crippen molar-refractivity contribution in [3.8, 4) is 0 Å². The summed E-state index contributed by atoms with van der Waals surface area (Å²) >= 11 is 0. The van der Waals surface area contributed by atoms with Crippen molar-refractivity contribution >= 4 is 5.69 Å². The summed E-state index contributed by atoms with van der Waals surface area (Å²) in [5, 5.41) is 3.65. The van der Waals surface area contributed by atoms with E-state index in [9.17, 15) is 0 Å². The van der Waals surface area contributed by atoms with Gasteiger partial charge in [0.1, 0.15) is 0 Å². The maximum Gasteiger partial charge on any atom is 0.0603 e. The van der Waals surface area contributed by atoms with Crippen molar-refractivity contribution in [1.82, 2.24) is 4.98 Å². The average Bonchev–Trinajstić information content (AvgIpc) is 2.19. The van der Waals surface area contributed by atoms with Crippen LogP contribution in [0.2, 0.25) is 0 Å². The van der Waals surface area contributed by atoms with E-state index >= 15 is 0 Å². The van der Waals surface area contributed by atoms with Gasteiger partial charge in [0, 0.05) is 12.2 Å². The molecule has 1 aromatic rings. The fourth-order valence-electron chi connectivity index (χ4n) is 2.21. The Kier molecular flexibility index (Phi) is 5.46. The van der Waals surface area contributed by atoms with Crippen LogP contribution in [0.4, 0.5) is 5.69 Å². The van der Waals surface area contributed by atoms with Crippen LogP contribution in [0.1, 0.15) is 46.2 Å². The quantitative estimate of drug-likeness (QED) is 0.795. The van der Waals surface area contributed by atoms with E-state index in [1.807, 2.05) is 12.3 Å². The molecule has 0 fully saturated rings. The van der Waals surface area contributed by atoms with Crippen molar-refractivity contribution < 1.29 is 0 Å². The molecule has 1 N–H and O–H groups in total. The normalized spacial score (nSPS) is 11.5. The first-order valence-corrected chi connectivity index (χ1v) is 6.67. The number of hydrogen-bond acceptors (Lipinski definition) is 2. The van der Waals surface area contributed by atoms with Gasteiger partial charge in [-0.2, -0.15) is 0 Å². The monoisotopic (exact) mass is 234 g/mol. The first-order valence-electron chi connectivity index (χ1n) is 6.67. The average molecular weight is 234 g/mol. The van der Waals surface area contributed by atoms with Crippen LogP contribution in [0, 0.1) is 18.8 Å². The van der Waals surface area contributed by atoms with Gasteiger partial charge in [-0.15, -0.1) is 0 Å². The highest BCUT2D eigenvalue weighted by Gasteiger charge is 2.13. The first-order chi connectivity index (χ1) is 7.99. The van der Waals surface area contributed by atoms with Crippen LogP contribution in [0.3, 0.4) is 0 Å². The summed E-state index contributed by atoms with van der Waals surface area (Å²) in [7, 11) is 0. The molecule has 0 aliphatic carbocycles. The summed E-state index contributed by atoms with van der Waals surface area (Å²) in [5.74, 6) is 1.45. The number of aromatic nitrogens is 1. The van der Waals surface area contributed by atoms with Crippen LogP contribution in [-0.2, 0) is 0 Å². The molecule has 1 rings (SSSR count). The molecule has 0 atom stereocenters. The van der Waals surface area contributed by atoms with E-state index in [1.54, 1.807) is 0 Å². The summed E-state index contributed by atoms with van der Waals surface area (Å²) in [5.41, 5.74) is 2.27. The molecule has 2 heteroatoms. The largest absolute Gasteiger partial charge is 0.381 e. The summed E-state index contributed by atoms with van der Waals surface area (Å²) in [4.78, 5) is 4.33. The zero-order chi connectivity index (χ0) is 12.8. The SMILES string of the molecule is Cc1ncccc1NC(CC(C)C)CC(C)C. The fourth-order valence-corrected chi connectivity index (χ4v) is 2.21. The van der Waals surface area contributed by atoms with Crippen LogP contribution < -0.4 is 5.32 Å². The van der Waals surface area contributed by atoms with E-state index in [0.717, 1.165) is 17.5 Å². The number of nitrogens with zero attached hydrogens (tertiary/aromatic N) is 1. The van der Waals surface area contributed by atoms with Crippen LogP contribution in [-0.4, -0.2) is 11.0 Å². The number of rotatable bonds is 6. The van der Waals surface area contributed by atoms with Crippen molar-refractivity contribution in [2.45, 2.75) is 53.5 Å². The van der Waals surface area contributed by atoms with Crippen LogP contribution in [0.5, 0.6) is 0 Å². The molecule has 0 saturated heterocycles. The number of hydrogen-bond donors (Lipinski definition) is 1. The van der Waals surface area contributed by atoms with E-state index in [2.05, 4.69) is 51.0 Å². The van der Waals surface area contributed by atoms with Crippen molar-refractivity contribution in [2.75, 3.05) is 5.32 Å². The minimum absolute atomic E-state index is 0.554. The van der Waals surface area contributed by atoms with Gasteiger partial charge in [0.2, 0.25) is 0 Å². The lowest BCUT2D eigenvalue weighted by atomic mass is 9.95. The molecular formula is C15H26N2. The molecule has 1 heterocycles. The minimum atomic E-state index is 0.554. The molecule has 0 bridgehead atoms. The second kappa shape index (κ2) is 6.63. The zero-order valence-corrected chi connectivity index (χ0v) is 11.8. The first kappa shape index (κ1) is 14.0. The smallest absolute Gasteiger partial charge is 0.0603 e. The van der Waals surface area contributed by atoms with E-state index < -0.39 is 0 Å². The predicted octanol–water partition coefficient (Wildman–Crippen LogP) is 4.26. The maximum atomic E-state index is 4.33. The van der Waals surface area contributed by atoms with Crippen LogP contribution in [0.25, 0.3) is 0 Å². The van der Waals surface area contributed by atoms with Gasteiger partial charge in [-0.3, -0.25) is 4.98 Å². The van der Waals surface area contributed by atoms with Gasteiger partial charge in [-0.1, -0.05) is 27.7 Å². The number of nitrogens with one attached hydrogen (secondary N) is 1. The molecule has 0 aliphatic rings. The van der Waals surface area contributed by atoms with E-state index in [4.69, 9.17) is 0 Å².